The molecule has 0 saturated carbocycles. The maximum Gasteiger partial charge on any atom is 0.328 e. The summed E-state index contributed by atoms with van der Waals surface area (Å²) >= 11 is 6.19. The molecule has 3 aliphatic rings. The van der Waals surface area contributed by atoms with Gasteiger partial charge in [0.05, 0.1) is 12.0 Å². The van der Waals surface area contributed by atoms with Crippen molar-refractivity contribution in [3.63, 3.8) is 0 Å². The van der Waals surface area contributed by atoms with E-state index in [9.17, 15) is 14.4 Å². The third-order valence-electron chi connectivity index (χ3n) is 7.60. The maximum absolute atomic E-state index is 12.5. The standard InChI is InChI=1S/C25H23ClN2O.C4H4O4/c26-19-7-3-8-20(15-19)28-23(29)16-25(28)10-12-27(13-11-25)22-14-18-6-1-4-17-5-2-9-21(22)24(17)18;5-3(6)1-2-4(7)8/h1-9,15,22H,10-14,16H2;1-2H,(H,5,6)(H,7,8). The van der Waals surface area contributed by atoms with Gasteiger partial charge in [-0.25, -0.2) is 9.59 Å². The van der Waals surface area contributed by atoms with Crippen LogP contribution in [0.2, 0.25) is 5.02 Å². The number of hydrogen-bond donors (Lipinski definition) is 2. The van der Waals surface area contributed by atoms with Crippen LogP contribution in [0.1, 0.15) is 36.4 Å². The van der Waals surface area contributed by atoms with E-state index in [1.165, 1.54) is 21.9 Å². The first-order valence-electron chi connectivity index (χ1n) is 12.2. The van der Waals surface area contributed by atoms with Gasteiger partial charge in [-0.3, -0.25) is 9.69 Å². The molecule has 6 rings (SSSR count). The zero-order chi connectivity index (χ0) is 26.2. The van der Waals surface area contributed by atoms with Crippen molar-refractivity contribution >= 4 is 45.9 Å². The third-order valence-corrected chi connectivity index (χ3v) is 7.84. The molecule has 2 saturated heterocycles. The van der Waals surface area contributed by atoms with Crippen molar-refractivity contribution in [3.8, 4) is 0 Å². The fraction of sp³-hybridized carbons (Fsp3) is 0.276. The minimum atomic E-state index is -1.26. The van der Waals surface area contributed by atoms with Crippen molar-refractivity contribution < 1.29 is 24.6 Å². The van der Waals surface area contributed by atoms with Crippen LogP contribution in [0.5, 0.6) is 0 Å². The number of aliphatic carboxylic acids is 2. The number of likely N-dealkylation sites (tertiary alicyclic amines) is 1. The fourth-order valence-electron chi connectivity index (χ4n) is 5.98. The predicted octanol–water partition coefficient (Wildman–Crippen LogP) is 5.07. The number of hydrogen-bond acceptors (Lipinski definition) is 4. The molecule has 2 N–H and O–H groups in total. The first-order valence-corrected chi connectivity index (χ1v) is 12.6. The number of amides is 1. The highest BCUT2D eigenvalue weighted by Gasteiger charge is 2.53. The number of piperidine rings is 1. The van der Waals surface area contributed by atoms with E-state index in [2.05, 4.69) is 41.3 Å². The lowest BCUT2D eigenvalue weighted by molar-refractivity contribution is -0.134. The van der Waals surface area contributed by atoms with Gasteiger partial charge >= 0.3 is 11.9 Å². The minimum absolute atomic E-state index is 0.0320. The second kappa shape index (κ2) is 10.00. The van der Waals surface area contributed by atoms with E-state index in [1.807, 2.05) is 29.2 Å². The Morgan fingerprint density at radius 2 is 1.59 bits per heavy atom. The highest BCUT2D eigenvalue weighted by molar-refractivity contribution is 6.31. The van der Waals surface area contributed by atoms with Crippen molar-refractivity contribution in [1.29, 1.82) is 0 Å². The molecule has 1 aliphatic carbocycles. The van der Waals surface area contributed by atoms with Crippen molar-refractivity contribution in [3.05, 3.63) is 89.0 Å². The number of carbonyl (C=O) groups is 3. The van der Waals surface area contributed by atoms with E-state index in [-0.39, 0.29) is 11.4 Å². The van der Waals surface area contributed by atoms with Crippen LogP contribution in [0, 0.1) is 0 Å². The summed E-state index contributed by atoms with van der Waals surface area (Å²) in [6.07, 6.45) is 4.92. The minimum Gasteiger partial charge on any atom is -0.478 e. The van der Waals surface area contributed by atoms with Crippen LogP contribution >= 0.6 is 11.6 Å². The van der Waals surface area contributed by atoms with E-state index < -0.39 is 11.9 Å². The lowest BCUT2D eigenvalue weighted by Gasteiger charge is -2.56. The molecule has 1 atom stereocenters. The van der Waals surface area contributed by atoms with Gasteiger partial charge in [-0.15, -0.1) is 0 Å². The van der Waals surface area contributed by atoms with Crippen LogP contribution in [-0.4, -0.2) is 51.6 Å². The third kappa shape index (κ3) is 4.84. The van der Waals surface area contributed by atoms with Gasteiger partial charge in [0.2, 0.25) is 5.91 Å². The lowest BCUT2D eigenvalue weighted by Crippen LogP contribution is -2.67. The number of benzene rings is 3. The Hall–Kier alpha value is -3.68. The molecule has 0 bridgehead atoms. The molecule has 190 valence electrons. The zero-order valence-corrected chi connectivity index (χ0v) is 20.9. The van der Waals surface area contributed by atoms with Gasteiger partial charge in [-0.1, -0.05) is 54.1 Å². The summed E-state index contributed by atoms with van der Waals surface area (Å²) in [5, 5.41) is 19.1. The average molecular weight is 519 g/mol. The van der Waals surface area contributed by atoms with Crippen molar-refractivity contribution in [2.45, 2.75) is 37.3 Å². The summed E-state index contributed by atoms with van der Waals surface area (Å²) < 4.78 is 0. The zero-order valence-electron chi connectivity index (χ0n) is 20.1. The Labute approximate surface area is 219 Å². The molecule has 3 aromatic carbocycles. The highest BCUT2D eigenvalue weighted by Crippen LogP contribution is 2.47. The Morgan fingerprint density at radius 3 is 2.22 bits per heavy atom. The molecule has 2 aliphatic heterocycles. The molecule has 8 heteroatoms. The number of carboxylic acids is 2. The smallest absolute Gasteiger partial charge is 0.328 e. The van der Waals surface area contributed by atoms with Gasteiger partial charge in [-0.2, -0.15) is 0 Å². The summed E-state index contributed by atoms with van der Waals surface area (Å²) in [7, 11) is 0. The number of rotatable bonds is 4. The quantitative estimate of drug-likeness (QED) is 0.369. The number of halogens is 1. The van der Waals surface area contributed by atoms with Gasteiger partial charge in [0.1, 0.15) is 0 Å². The first kappa shape index (κ1) is 25.0. The van der Waals surface area contributed by atoms with Crippen molar-refractivity contribution in [1.82, 2.24) is 4.90 Å². The Balaban J connectivity index is 0.000000307. The van der Waals surface area contributed by atoms with Gasteiger partial charge in [0, 0.05) is 42.0 Å². The van der Waals surface area contributed by atoms with Crippen LogP contribution in [0.3, 0.4) is 0 Å². The van der Waals surface area contributed by atoms with E-state index in [1.54, 1.807) is 0 Å². The van der Waals surface area contributed by atoms with Crippen LogP contribution in [0.4, 0.5) is 5.69 Å². The Morgan fingerprint density at radius 1 is 0.946 bits per heavy atom. The Bertz CT molecular complexity index is 1390. The second-order valence-corrected chi connectivity index (χ2v) is 10.2. The van der Waals surface area contributed by atoms with Gasteiger partial charge in [0.15, 0.2) is 0 Å². The largest absolute Gasteiger partial charge is 0.478 e. The molecule has 0 aromatic heterocycles. The molecular formula is C29H27ClN2O5. The average Bonchev–Trinajstić information content (AvgIpc) is 3.24. The molecule has 2 heterocycles. The summed E-state index contributed by atoms with van der Waals surface area (Å²) in [4.78, 5) is 36.3. The molecule has 37 heavy (non-hydrogen) atoms. The molecule has 0 radical (unpaired) electrons. The van der Waals surface area contributed by atoms with E-state index in [4.69, 9.17) is 21.8 Å². The van der Waals surface area contributed by atoms with Crippen molar-refractivity contribution in [2.75, 3.05) is 18.0 Å². The van der Waals surface area contributed by atoms with Gasteiger partial charge in [0.25, 0.3) is 0 Å². The molecule has 7 nitrogen and oxygen atoms in total. The molecule has 1 amide bonds. The lowest BCUT2D eigenvalue weighted by atomic mass is 9.75. The van der Waals surface area contributed by atoms with E-state index in [0.29, 0.717) is 29.6 Å². The van der Waals surface area contributed by atoms with Gasteiger partial charge in [-0.05, 0) is 59.4 Å². The highest BCUT2D eigenvalue weighted by atomic mass is 35.5. The SMILES string of the molecule is O=C(O)C=CC(=O)O.O=C1CC2(CCN(C3Cc4cccc5cccc3c45)CC2)N1c1cccc(Cl)c1. The number of nitrogens with zero attached hydrogens (tertiary/aromatic N) is 2. The summed E-state index contributed by atoms with van der Waals surface area (Å²) in [5.74, 6) is -2.29. The van der Waals surface area contributed by atoms with Crippen LogP contribution in [-0.2, 0) is 20.8 Å². The summed E-state index contributed by atoms with van der Waals surface area (Å²) in [6, 6.07) is 21.6. The van der Waals surface area contributed by atoms with Crippen molar-refractivity contribution in [2.24, 2.45) is 0 Å². The normalized spacial score (nSPS) is 20.1. The van der Waals surface area contributed by atoms with E-state index >= 15 is 0 Å². The molecule has 1 unspecified atom stereocenters. The number of carbonyl (C=O) groups excluding carboxylic acids is 1. The van der Waals surface area contributed by atoms with Crippen LogP contribution < -0.4 is 4.90 Å². The van der Waals surface area contributed by atoms with Crippen LogP contribution in [0.25, 0.3) is 10.8 Å². The number of carboxylic acid groups (broad SMARTS) is 2. The first-order chi connectivity index (χ1) is 17.8. The molecular weight excluding hydrogens is 492 g/mol. The molecule has 3 aromatic rings. The molecule has 2 fully saturated rings. The second-order valence-electron chi connectivity index (χ2n) is 9.74. The summed E-state index contributed by atoms with van der Waals surface area (Å²) in [5.41, 5.74) is 3.86. The molecule has 1 spiro atoms. The number of anilines is 1. The topological polar surface area (TPSA) is 98.1 Å². The van der Waals surface area contributed by atoms with Gasteiger partial charge < -0.3 is 15.1 Å². The maximum atomic E-state index is 12.5. The predicted molar refractivity (Wildman–Crippen MR) is 142 cm³/mol. The van der Waals surface area contributed by atoms with E-state index in [0.717, 1.165) is 38.0 Å². The van der Waals surface area contributed by atoms with Crippen LogP contribution in [0.15, 0.2) is 72.8 Å². The number of β-lactam (4-membered cyclic amide) rings is 1. The fourth-order valence-corrected chi connectivity index (χ4v) is 6.17. The Kier molecular flexibility index (Phi) is 6.75. The summed E-state index contributed by atoms with van der Waals surface area (Å²) in [6.45, 7) is 2.05. The monoisotopic (exact) mass is 518 g/mol.